The van der Waals surface area contributed by atoms with Crippen LogP contribution < -0.4 is 10.6 Å². The van der Waals surface area contributed by atoms with E-state index >= 15 is 0 Å². The van der Waals surface area contributed by atoms with Crippen molar-refractivity contribution in [1.82, 2.24) is 4.98 Å². The van der Waals surface area contributed by atoms with Crippen LogP contribution >= 0.6 is 11.8 Å². The number of aryl methyl sites for hydroxylation is 1. The van der Waals surface area contributed by atoms with Gasteiger partial charge in [0.05, 0.1) is 5.56 Å². The number of benzene rings is 2. The zero-order valence-corrected chi connectivity index (χ0v) is 15.6. The van der Waals surface area contributed by atoms with Gasteiger partial charge in [0.2, 0.25) is 0 Å². The summed E-state index contributed by atoms with van der Waals surface area (Å²) in [5.41, 5.74) is 0.352. The molecule has 0 aliphatic rings. The predicted octanol–water partition coefficient (Wildman–Crippen LogP) is 6.20. The molecule has 1 aromatic heterocycles. The summed E-state index contributed by atoms with van der Waals surface area (Å²) in [6, 6.07) is 13.5. The average Bonchev–Trinajstić information content (AvgIpc) is 2.64. The van der Waals surface area contributed by atoms with Crippen molar-refractivity contribution in [3.8, 4) is 0 Å². The van der Waals surface area contributed by atoms with E-state index in [9.17, 15) is 18.0 Å². The Morgan fingerprint density at radius 1 is 0.964 bits per heavy atom. The monoisotopic (exact) mass is 403 g/mol. The van der Waals surface area contributed by atoms with Crippen molar-refractivity contribution in [3.63, 3.8) is 0 Å². The Morgan fingerprint density at radius 3 is 2.43 bits per heavy atom. The lowest BCUT2D eigenvalue weighted by Crippen LogP contribution is -2.20. The maximum absolute atomic E-state index is 12.9. The first-order valence-corrected chi connectivity index (χ1v) is 9.07. The van der Waals surface area contributed by atoms with E-state index in [1.807, 2.05) is 18.2 Å². The lowest BCUT2D eigenvalue weighted by atomic mass is 10.1. The van der Waals surface area contributed by atoms with Crippen molar-refractivity contribution < 1.29 is 18.0 Å². The Morgan fingerprint density at radius 2 is 1.71 bits per heavy atom. The molecule has 2 amide bonds. The third-order valence-corrected chi connectivity index (χ3v) is 4.79. The highest BCUT2D eigenvalue weighted by molar-refractivity contribution is 7.99. The molecular formula is C20H16F3N3OS. The smallest absolute Gasteiger partial charge is 0.308 e. The molecule has 2 N–H and O–H groups in total. The number of rotatable bonds is 4. The Balaban J connectivity index is 1.69. The lowest BCUT2D eigenvalue weighted by Gasteiger charge is -2.13. The van der Waals surface area contributed by atoms with E-state index in [1.54, 1.807) is 37.5 Å². The van der Waals surface area contributed by atoms with E-state index in [2.05, 4.69) is 15.6 Å². The highest BCUT2D eigenvalue weighted by atomic mass is 32.2. The highest BCUT2D eigenvalue weighted by Gasteiger charge is 2.30. The number of halogens is 3. The molecule has 8 heteroatoms. The molecule has 0 aliphatic carbocycles. The quantitative estimate of drug-likeness (QED) is 0.545. The molecule has 3 rings (SSSR count). The fourth-order valence-corrected chi connectivity index (χ4v) is 3.26. The Labute approximate surface area is 164 Å². The van der Waals surface area contributed by atoms with E-state index in [-0.39, 0.29) is 5.69 Å². The van der Waals surface area contributed by atoms with E-state index in [4.69, 9.17) is 0 Å². The van der Waals surface area contributed by atoms with Gasteiger partial charge in [0, 0.05) is 33.6 Å². The molecule has 0 atom stereocenters. The number of hydrogen-bond acceptors (Lipinski definition) is 3. The summed E-state index contributed by atoms with van der Waals surface area (Å²) in [5.74, 6) is 0. The van der Waals surface area contributed by atoms with Gasteiger partial charge in [0.15, 0.2) is 0 Å². The standard InChI is InChI=1S/C20H16F3N3OS/c1-13-5-6-14(20(21,22)23)11-18(13)26-19(27)25-15-3-2-4-17(12-15)28-16-7-9-24-10-8-16/h2-12H,1H3,(H2,25,26,27). The zero-order valence-electron chi connectivity index (χ0n) is 14.7. The van der Waals surface area contributed by atoms with Gasteiger partial charge in [0.25, 0.3) is 0 Å². The Kier molecular flexibility index (Phi) is 5.89. The number of carbonyl (C=O) groups is 1. The predicted molar refractivity (Wildman–Crippen MR) is 104 cm³/mol. The molecule has 0 bridgehead atoms. The van der Waals surface area contributed by atoms with E-state index in [1.165, 1.54) is 17.8 Å². The summed E-state index contributed by atoms with van der Waals surface area (Å²) in [6.45, 7) is 1.63. The van der Waals surface area contributed by atoms with Gasteiger partial charge in [0.1, 0.15) is 0 Å². The fourth-order valence-electron chi connectivity index (χ4n) is 2.40. The second-order valence-electron chi connectivity index (χ2n) is 5.92. The van der Waals surface area contributed by atoms with Crippen molar-refractivity contribution >= 4 is 29.2 Å². The SMILES string of the molecule is Cc1ccc(C(F)(F)F)cc1NC(=O)Nc1cccc(Sc2ccncc2)c1. The van der Waals surface area contributed by atoms with Gasteiger partial charge in [-0.15, -0.1) is 0 Å². The van der Waals surface area contributed by atoms with Crippen molar-refractivity contribution in [2.45, 2.75) is 22.9 Å². The molecule has 0 spiro atoms. The Bertz CT molecular complexity index is 978. The van der Waals surface area contributed by atoms with E-state index in [0.717, 1.165) is 21.9 Å². The number of anilines is 2. The number of pyridine rings is 1. The van der Waals surface area contributed by atoms with Crippen molar-refractivity contribution in [2.24, 2.45) is 0 Å². The van der Waals surface area contributed by atoms with Crippen LogP contribution in [0.3, 0.4) is 0 Å². The Hall–Kier alpha value is -3.00. The van der Waals surface area contributed by atoms with Crippen LogP contribution in [0.1, 0.15) is 11.1 Å². The van der Waals surface area contributed by atoms with Crippen LogP contribution in [0.15, 0.2) is 76.8 Å². The molecule has 3 aromatic rings. The summed E-state index contributed by atoms with van der Waals surface area (Å²) < 4.78 is 38.6. The summed E-state index contributed by atoms with van der Waals surface area (Å²) >= 11 is 1.50. The van der Waals surface area contributed by atoms with E-state index < -0.39 is 17.8 Å². The number of nitrogens with zero attached hydrogens (tertiary/aromatic N) is 1. The zero-order chi connectivity index (χ0) is 20.1. The van der Waals surface area contributed by atoms with Gasteiger partial charge >= 0.3 is 12.2 Å². The number of amides is 2. The molecule has 0 aliphatic heterocycles. The molecular weight excluding hydrogens is 387 g/mol. The second-order valence-corrected chi connectivity index (χ2v) is 7.07. The largest absolute Gasteiger partial charge is 0.416 e. The van der Waals surface area contributed by atoms with Crippen LogP contribution in [0, 0.1) is 6.92 Å². The fraction of sp³-hybridized carbons (Fsp3) is 0.100. The van der Waals surface area contributed by atoms with Crippen molar-refractivity contribution in [1.29, 1.82) is 0 Å². The number of alkyl halides is 3. The van der Waals surface area contributed by atoms with Gasteiger partial charge in [-0.1, -0.05) is 23.9 Å². The minimum Gasteiger partial charge on any atom is -0.308 e. The topological polar surface area (TPSA) is 54.0 Å². The maximum atomic E-state index is 12.9. The molecule has 0 radical (unpaired) electrons. The first-order chi connectivity index (χ1) is 13.3. The van der Waals surface area contributed by atoms with Crippen LogP contribution in [-0.4, -0.2) is 11.0 Å². The summed E-state index contributed by atoms with van der Waals surface area (Å²) in [5, 5.41) is 5.12. The van der Waals surface area contributed by atoms with Crippen LogP contribution in [0.4, 0.5) is 29.3 Å². The average molecular weight is 403 g/mol. The lowest BCUT2D eigenvalue weighted by molar-refractivity contribution is -0.137. The van der Waals surface area contributed by atoms with Crippen LogP contribution in [0.5, 0.6) is 0 Å². The number of urea groups is 1. The normalized spacial score (nSPS) is 11.1. The van der Waals surface area contributed by atoms with Gasteiger partial charge in [-0.2, -0.15) is 13.2 Å². The molecule has 4 nitrogen and oxygen atoms in total. The highest BCUT2D eigenvalue weighted by Crippen LogP contribution is 2.32. The summed E-state index contributed by atoms with van der Waals surface area (Å²) in [7, 11) is 0. The third-order valence-electron chi connectivity index (χ3n) is 3.79. The summed E-state index contributed by atoms with van der Waals surface area (Å²) in [4.78, 5) is 18.1. The number of nitrogens with one attached hydrogen (secondary N) is 2. The maximum Gasteiger partial charge on any atom is 0.416 e. The minimum absolute atomic E-state index is 0.106. The minimum atomic E-state index is -4.47. The molecule has 144 valence electrons. The number of hydrogen-bond donors (Lipinski definition) is 2. The number of aromatic nitrogens is 1. The molecule has 1 heterocycles. The van der Waals surface area contributed by atoms with Crippen LogP contribution in [0.25, 0.3) is 0 Å². The third kappa shape index (κ3) is 5.26. The second kappa shape index (κ2) is 8.35. The molecule has 28 heavy (non-hydrogen) atoms. The van der Waals surface area contributed by atoms with Gasteiger partial charge in [-0.25, -0.2) is 4.79 Å². The molecule has 0 fully saturated rings. The molecule has 2 aromatic carbocycles. The van der Waals surface area contributed by atoms with E-state index in [0.29, 0.717) is 11.3 Å². The molecule has 0 saturated heterocycles. The number of carbonyl (C=O) groups excluding carboxylic acids is 1. The van der Waals surface area contributed by atoms with Crippen LogP contribution in [0.2, 0.25) is 0 Å². The first kappa shape index (κ1) is 19.8. The van der Waals surface area contributed by atoms with Crippen molar-refractivity contribution in [3.05, 3.63) is 78.1 Å². The van der Waals surface area contributed by atoms with Crippen molar-refractivity contribution in [2.75, 3.05) is 10.6 Å². The van der Waals surface area contributed by atoms with Gasteiger partial charge in [-0.05, 0) is 55.0 Å². The molecule has 0 saturated carbocycles. The van der Waals surface area contributed by atoms with Gasteiger partial charge in [-0.3, -0.25) is 4.98 Å². The summed E-state index contributed by atoms with van der Waals surface area (Å²) in [6.07, 6.45) is -1.09. The first-order valence-electron chi connectivity index (χ1n) is 8.25. The van der Waals surface area contributed by atoms with Crippen LogP contribution in [-0.2, 0) is 6.18 Å². The van der Waals surface area contributed by atoms with Gasteiger partial charge < -0.3 is 10.6 Å². The molecule has 0 unspecified atom stereocenters.